The number of esters is 1. The first kappa shape index (κ1) is 15.7. The molecule has 0 saturated heterocycles. The van der Waals surface area contributed by atoms with Crippen molar-refractivity contribution in [1.29, 1.82) is 0 Å². The molecule has 0 atom stereocenters. The number of carbonyl (C=O) groups excluding carboxylic acids is 2. The molecule has 2 aromatic carbocycles. The van der Waals surface area contributed by atoms with E-state index in [-0.39, 0.29) is 5.78 Å². The summed E-state index contributed by atoms with van der Waals surface area (Å²) in [5.74, 6) is -0.562. The molecule has 0 radical (unpaired) electrons. The van der Waals surface area contributed by atoms with E-state index in [1.165, 1.54) is 18.4 Å². The zero-order valence-electron chi connectivity index (χ0n) is 12.6. The Morgan fingerprint density at radius 2 is 1.87 bits per heavy atom. The summed E-state index contributed by atoms with van der Waals surface area (Å²) in [6, 6.07) is 12.2. The predicted octanol–water partition coefficient (Wildman–Crippen LogP) is 4.88. The maximum Gasteiger partial charge on any atom is 0.337 e. The Labute approximate surface area is 142 Å². The van der Waals surface area contributed by atoms with E-state index in [0.717, 1.165) is 15.0 Å². The highest BCUT2D eigenvalue weighted by Crippen LogP contribution is 2.34. The fourth-order valence-electron chi connectivity index (χ4n) is 2.53. The Kier molecular flexibility index (Phi) is 4.20. The number of benzene rings is 2. The van der Waals surface area contributed by atoms with Gasteiger partial charge in [0.15, 0.2) is 5.78 Å². The second-order valence-corrected chi connectivity index (χ2v) is 6.71. The number of ether oxygens (including phenoxy) is 1. The molecule has 116 valence electrons. The number of hydrogen-bond donors (Lipinski definition) is 0. The lowest BCUT2D eigenvalue weighted by atomic mass is 9.99. The van der Waals surface area contributed by atoms with Gasteiger partial charge in [0.1, 0.15) is 0 Å². The summed E-state index contributed by atoms with van der Waals surface area (Å²) in [5, 5.41) is 1.17. The molecule has 1 aromatic heterocycles. The van der Waals surface area contributed by atoms with Gasteiger partial charge in [0.05, 0.1) is 17.7 Å². The van der Waals surface area contributed by atoms with Crippen molar-refractivity contribution in [3.63, 3.8) is 0 Å². The van der Waals surface area contributed by atoms with E-state index in [1.54, 1.807) is 36.4 Å². The van der Waals surface area contributed by atoms with E-state index in [1.807, 2.05) is 13.0 Å². The molecule has 0 amide bonds. The van der Waals surface area contributed by atoms with Gasteiger partial charge in [0.25, 0.3) is 0 Å². The van der Waals surface area contributed by atoms with Crippen molar-refractivity contribution >= 4 is 44.8 Å². The minimum atomic E-state index is -0.424. The highest BCUT2D eigenvalue weighted by atomic mass is 35.5. The first-order chi connectivity index (χ1) is 11.0. The minimum Gasteiger partial charge on any atom is -0.465 e. The zero-order valence-corrected chi connectivity index (χ0v) is 14.1. The van der Waals surface area contributed by atoms with Crippen LogP contribution in [0.4, 0.5) is 0 Å². The van der Waals surface area contributed by atoms with Crippen molar-refractivity contribution in [3.05, 3.63) is 69.1 Å². The van der Waals surface area contributed by atoms with Gasteiger partial charge in [-0.25, -0.2) is 4.79 Å². The van der Waals surface area contributed by atoms with Crippen LogP contribution in [0.1, 0.15) is 31.2 Å². The van der Waals surface area contributed by atoms with Crippen LogP contribution in [0.25, 0.3) is 10.1 Å². The Bertz CT molecular complexity index is 927. The lowest BCUT2D eigenvalue weighted by Crippen LogP contribution is -2.04. The molecular weight excluding hydrogens is 332 g/mol. The van der Waals surface area contributed by atoms with E-state index in [2.05, 4.69) is 0 Å². The van der Waals surface area contributed by atoms with Crippen LogP contribution in [0.5, 0.6) is 0 Å². The largest absolute Gasteiger partial charge is 0.465 e. The highest BCUT2D eigenvalue weighted by molar-refractivity contribution is 7.19. The molecule has 3 nitrogen and oxygen atoms in total. The molecule has 1 heterocycles. The smallest absolute Gasteiger partial charge is 0.337 e. The van der Waals surface area contributed by atoms with Crippen LogP contribution in [0, 0.1) is 6.92 Å². The second-order valence-electron chi connectivity index (χ2n) is 5.04. The summed E-state index contributed by atoms with van der Waals surface area (Å²) in [6.07, 6.45) is 0. The summed E-state index contributed by atoms with van der Waals surface area (Å²) in [6.45, 7) is 1.90. The molecule has 23 heavy (non-hydrogen) atoms. The van der Waals surface area contributed by atoms with Gasteiger partial charge in [-0.3, -0.25) is 4.79 Å². The number of rotatable bonds is 3. The second kappa shape index (κ2) is 6.14. The first-order valence-electron chi connectivity index (χ1n) is 6.93. The molecule has 0 aliphatic carbocycles. The van der Waals surface area contributed by atoms with Gasteiger partial charge >= 0.3 is 5.97 Å². The van der Waals surface area contributed by atoms with Crippen LogP contribution in [-0.4, -0.2) is 18.9 Å². The fraction of sp³-hybridized carbons (Fsp3) is 0.111. The van der Waals surface area contributed by atoms with Crippen LogP contribution in [0.2, 0.25) is 5.02 Å². The molecule has 3 aromatic rings. The standard InChI is InChI=1S/C18H13ClO3S/c1-10-16(17(20)12-5-3-4-6-14(12)19)13-9-11(18(21)22-2)7-8-15(13)23-10/h3-9H,1-2H3. The molecule has 3 rings (SSSR count). The molecule has 0 fully saturated rings. The summed E-state index contributed by atoms with van der Waals surface area (Å²) < 4.78 is 5.70. The Balaban J connectivity index is 2.20. The van der Waals surface area contributed by atoms with Gasteiger partial charge in [0.2, 0.25) is 0 Å². The Hall–Kier alpha value is -2.17. The molecule has 0 aliphatic rings. The van der Waals surface area contributed by atoms with E-state index >= 15 is 0 Å². The van der Waals surface area contributed by atoms with Gasteiger partial charge < -0.3 is 4.74 Å². The molecular formula is C18H13ClO3S. The Morgan fingerprint density at radius 3 is 2.57 bits per heavy atom. The van der Waals surface area contributed by atoms with Crippen molar-refractivity contribution in [2.45, 2.75) is 6.92 Å². The topological polar surface area (TPSA) is 43.4 Å². The maximum absolute atomic E-state index is 12.9. The summed E-state index contributed by atoms with van der Waals surface area (Å²) in [4.78, 5) is 25.6. The lowest BCUT2D eigenvalue weighted by Gasteiger charge is -2.05. The number of halogens is 1. The third kappa shape index (κ3) is 2.76. The number of carbonyl (C=O) groups is 2. The van der Waals surface area contributed by atoms with Crippen LogP contribution >= 0.6 is 22.9 Å². The van der Waals surface area contributed by atoms with Crippen molar-refractivity contribution in [2.24, 2.45) is 0 Å². The van der Waals surface area contributed by atoms with Crippen LogP contribution < -0.4 is 0 Å². The maximum atomic E-state index is 12.9. The van der Waals surface area contributed by atoms with Crippen molar-refractivity contribution in [1.82, 2.24) is 0 Å². The summed E-state index contributed by atoms with van der Waals surface area (Å²) in [5.41, 5.74) is 1.47. The van der Waals surface area contributed by atoms with E-state index in [9.17, 15) is 9.59 Å². The average Bonchev–Trinajstić information content (AvgIpc) is 2.88. The molecule has 0 N–H and O–H groups in total. The fourth-order valence-corrected chi connectivity index (χ4v) is 3.79. The third-order valence-electron chi connectivity index (χ3n) is 3.63. The first-order valence-corrected chi connectivity index (χ1v) is 8.13. The third-order valence-corrected chi connectivity index (χ3v) is 5.05. The Morgan fingerprint density at radius 1 is 1.13 bits per heavy atom. The van der Waals surface area contributed by atoms with Crippen molar-refractivity contribution in [3.8, 4) is 0 Å². The zero-order chi connectivity index (χ0) is 16.6. The predicted molar refractivity (Wildman–Crippen MR) is 92.8 cm³/mol. The summed E-state index contributed by atoms with van der Waals surface area (Å²) >= 11 is 7.67. The summed E-state index contributed by atoms with van der Waals surface area (Å²) in [7, 11) is 1.33. The van der Waals surface area contributed by atoms with Gasteiger partial charge in [0, 0.05) is 26.1 Å². The van der Waals surface area contributed by atoms with Gasteiger partial charge in [-0.05, 0) is 37.3 Å². The molecule has 0 saturated carbocycles. The number of hydrogen-bond acceptors (Lipinski definition) is 4. The molecule has 0 aliphatic heterocycles. The number of methoxy groups -OCH3 is 1. The quantitative estimate of drug-likeness (QED) is 0.502. The monoisotopic (exact) mass is 344 g/mol. The van der Waals surface area contributed by atoms with Gasteiger partial charge in [-0.2, -0.15) is 0 Å². The van der Waals surface area contributed by atoms with E-state index < -0.39 is 5.97 Å². The van der Waals surface area contributed by atoms with Crippen molar-refractivity contribution in [2.75, 3.05) is 7.11 Å². The molecule has 5 heteroatoms. The van der Waals surface area contributed by atoms with Gasteiger partial charge in [-0.1, -0.05) is 23.7 Å². The van der Waals surface area contributed by atoms with Crippen molar-refractivity contribution < 1.29 is 14.3 Å². The number of aryl methyl sites for hydroxylation is 1. The van der Waals surface area contributed by atoms with E-state index in [0.29, 0.717) is 21.7 Å². The van der Waals surface area contributed by atoms with Crippen LogP contribution in [0.3, 0.4) is 0 Å². The van der Waals surface area contributed by atoms with Crippen LogP contribution in [-0.2, 0) is 4.74 Å². The van der Waals surface area contributed by atoms with E-state index in [4.69, 9.17) is 16.3 Å². The molecule has 0 bridgehead atoms. The normalized spacial score (nSPS) is 10.7. The average molecular weight is 345 g/mol. The molecule has 0 spiro atoms. The number of thiophene rings is 1. The number of fused-ring (bicyclic) bond motifs is 1. The highest BCUT2D eigenvalue weighted by Gasteiger charge is 2.21. The minimum absolute atomic E-state index is 0.138. The SMILES string of the molecule is COC(=O)c1ccc2sc(C)c(C(=O)c3ccccc3Cl)c2c1. The number of ketones is 1. The lowest BCUT2D eigenvalue weighted by molar-refractivity contribution is 0.0600. The van der Waals surface area contributed by atoms with Gasteiger partial charge in [-0.15, -0.1) is 11.3 Å². The molecule has 0 unspecified atom stereocenters. The van der Waals surface area contributed by atoms with Crippen LogP contribution in [0.15, 0.2) is 42.5 Å².